The Kier molecular flexibility index (Phi) is 7.09. The minimum Gasteiger partial charge on any atom is -0.491 e. The molecule has 188 valence electrons. The van der Waals surface area contributed by atoms with E-state index in [1.54, 1.807) is 11.0 Å². The van der Waals surface area contributed by atoms with Gasteiger partial charge in [0.05, 0.1) is 6.04 Å². The zero-order valence-electron chi connectivity index (χ0n) is 21.4. The number of fused-ring (bicyclic) bond motifs is 1. The molecule has 1 amide bonds. The third-order valence-electron chi connectivity index (χ3n) is 7.09. The van der Waals surface area contributed by atoms with Crippen LogP contribution in [0.5, 0.6) is 5.75 Å². The number of piperazine rings is 1. The molecule has 3 aliphatic rings. The molecule has 0 aromatic heterocycles. The van der Waals surface area contributed by atoms with E-state index in [9.17, 15) is 4.79 Å². The number of nitrogens with one attached hydrogen (secondary N) is 1. The molecule has 36 heavy (non-hydrogen) atoms. The van der Waals surface area contributed by atoms with Crippen molar-refractivity contribution in [1.82, 2.24) is 9.80 Å². The lowest BCUT2D eigenvalue weighted by atomic mass is 9.98. The van der Waals surface area contributed by atoms with Crippen LogP contribution in [0, 0.1) is 0 Å². The normalized spacial score (nSPS) is 23.5. The number of benzene rings is 2. The Hall–Kier alpha value is -3.58. The van der Waals surface area contributed by atoms with E-state index in [0.29, 0.717) is 12.4 Å². The maximum Gasteiger partial charge on any atom is 0.252 e. The van der Waals surface area contributed by atoms with Gasteiger partial charge in [0.15, 0.2) is 0 Å². The first-order valence-corrected chi connectivity index (χ1v) is 12.8. The third-order valence-corrected chi connectivity index (χ3v) is 7.09. The molecule has 0 radical (unpaired) electrons. The fourth-order valence-corrected chi connectivity index (χ4v) is 5.04. The molecule has 3 heterocycles. The summed E-state index contributed by atoms with van der Waals surface area (Å²) < 4.78 is 6.01. The molecule has 2 atom stereocenters. The smallest absolute Gasteiger partial charge is 0.252 e. The van der Waals surface area contributed by atoms with E-state index in [0.717, 1.165) is 55.2 Å². The quantitative estimate of drug-likeness (QED) is 0.695. The van der Waals surface area contributed by atoms with E-state index in [1.807, 2.05) is 44.2 Å². The summed E-state index contributed by atoms with van der Waals surface area (Å²) in [6.45, 7) is 8.71. The van der Waals surface area contributed by atoms with E-state index >= 15 is 0 Å². The molecular weight excluding hydrogens is 450 g/mol. The van der Waals surface area contributed by atoms with Gasteiger partial charge in [-0.15, -0.1) is 0 Å². The maximum absolute atomic E-state index is 13.1. The highest BCUT2D eigenvalue weighted by molar-refractivity contribution is 6.15. The van der Waals surface area contributed by atoms with Crippen LogP contribution < -0.4 is 15.0 Å². The van der Waals surface area contributed by atoms with Gasteiger partial charge in [0.1, 0.15) is 24.4 Å². The monoisotopic (exact) mass is 485 g/mol. The molecule has 5 rings (SSSR count). The fourth-order valence-electron chi connectivity index (χ4n) is 5.04. The van der Waals surface area contributed by atoms with Crippen LogP contribution in [-0.4, -0.2) is 73.6 Å². The summed E-state index contributed by atoms with van der Waals surface area (Å²) in [5.41, 5.74) is 4.30. The number of amidine groups is 1. The Morgan fingerprint density at radius 1 is 1.06 bits per heavy atom. The number of amides is 1. The van der Waals surface area contributed by atoms with Gasteiger partial charge in [0.25, 0.3) is 5.91 Å². The molecular formula is C29H35N5O2. The van der Waals surface area contributed by atoms with Crippen LogP contribution in [-0.2, 0) is 11.2 Å². The van der Waals surface area contributed by atoms with Gasteiger partial charge < -0.3 is 19.9 Å². The Balaban J connectivity index is 1.32. The Morgan fingerprint density at radius 3 is 2.56 bits per heavy atom. The van der Waals surface area contributed by atoms with Crippen LogP contribution in [0.15, 0.2) is 77.3 Å². The second-order valence-corrected chi connectivity index (χ2v) is 9.67. The number of carbonyl (C=O) groups is 1. The van der Waals surface area contributed by atoms with Crippen LogP contribution in [0.3, 0.4) is 0 Å². The highest BCUT2D eigenvalue weighted by atomic mass is 16.5. The molecule has 0 saturated carbocycles. The molecule has 3 aliphatic heterocycles. The van der Waals surface area contributed by atoms with Crippen molar-refractivity contribution in [2.45, 2.75) is 32.5 Å². The molecule has 2 aromatic carbocycles. The zero-order chi connectivity index (χ0) is 25.1. The van der Waals surface area contributed by atoms with Crippen LogP contribution in [0.25, 0.3) is 0 Å². The number of aliphatic imine (C=N–C) groups is 1. The van der Waals surface area contributed by atoms with Gasteiger partial charge in [-0.3, -0.25) is 9.69 Å². The molecule has 0 bridgehead atoms. The van der Waals surface area contributed by atoms with Crippen molar-refractivity contribution in [2.24, 2.45) is 4.99 Å². The van der Waals surface area contributed by atoms with Crippen LogP contribution >= 0.6 is 0 Å². The van der Waals surface area contributed by atoms with E-state index in [4.69, 9.17) is 9.73 Å². The molecule has 0 spiro atoms. The molecule has 0 aliphatic carbocycles. The number of carbonyl (C=O) groups excluding carboxylic acids is 1. The number of rotatable bonds is 5. The van der Waals surface area contributed by atoms with Gasteiger partial charge >= 0.3 is 0 Å². The number of hydrogen-bond donors (Lipinski definition) is 1. The minimum atomic E-state index is -0.219. The zero-order valence-corrected chi connectivity index (χ0v) is 21.4. The molecule has 2 aromatic rings. The van der Waals surface area contributed by atoms with Crippen molar-refractivity contribution in [1.29, 1.82) is 0 Å². The Bertz CT molecular complexity index is 1180. The first-order valence-electron chi connectivity index (χ1n) is 12.8. The highest BCUT2D eigenvalue weighted by Crippen LogP contribution is 2.29. The van der Waals surface area contributed by atoms with Crippen molar-refractivity contribution in [3.05, 3.63) is 77.9 Å². The van der Waals surface area contributed by atoms with Crippen molar-refractivity contribution < 1.29 is 9.53 Å². The van der Waals surface area contributed by atoms with Gasteiger partial charge in [-0.05, 0) is 62.9 Å². The Labute approximate surface area is 213 Å². The first kappa shape index (κ1) is 24.1. The summed E-state index contributed by atoms with van der Waals surface area (Å²) >= 11 is 0. The second kappa shape index (κ2) is 10.6. The average molecular weight is 486 g/mol. The summed E-state index contributed by atoms with van der Waals surface area (Å²) in [4.78, 5) is 24.6. The molecule has 7 heteroatoms. The van der Waals surface area contributed by atoms with Gasteiger partial charge in [-0.25, -0.2) is 4.99 Å². The number of para-hydroxylation sites is 1. The molecule has 1 fully saturated rings. The maximum atomic E-state index is 13.1. The molecule has 1 saturated heterocycles. The van der Waals surface area contributed by atoms with Crippen LogP contribution in [0.2, 0.25) is 0 Å². The summed E-state index contributed by atoms with van der Waals surface area (Å²) in [7, 11) is 2.17. The highest BCUT2D eigenvalue weighted by Gasteiger charge is 2.34. The first-order chi connectivity index (χ1) is 17.5. The van der Waals surface area contributed by atoms with E-state index < -0.39 is 0 Å². The number of anilines is 2. The van der Waals surface area contributed by atoms with E-state index in [-0.39, 0.29) is 18.1 Å². The lowest BCUT2D eigenvalue weighted by molar-refractivity contribution is -0.124. The summed E-state index contributed by atoms with van der Waals surface area (Å²) in [6, 6.07) is 16.5. The predicted molar refractivity (Wildman–Crippen MR) is 146 cm³/mol. The van der Waals surface area contributed by atoms with Gasteiger partial charge in [-0.2, -0.15) is 0 Å². The second-order valence-electron chi connectivity index (χ2n) is 9.67. The number of hydrogen-bond acceptors (Lipinski definition) is 6. The molecule has 1 N–H and O–H groups in total. The fraction of sp³-hybridized carbons (Fsp3) is 0.379. The van der Waals surface area contributed by atoms with Crippen LogP contribution in [0.1, 0.15) is 19.4 Å². The van der Waals surface area contributed by atoms with Crippen molar-refractivity contribution in [3.63, 3.8) is 0 Å². The average Bonchev–Trinajstić information content (AvgIpc) is 2.90. The van der Waals surface area contributed by atoms with E-state index in [1.165, 1.54) is 5.69 Å². The van der Waals surface area contributed by atoms with Gasteiger partial charge in [0, 0.05) is 55.6 Å². The number of ether oxygens (including phenoxy) is 1. The van der Waals surface area contributed by atoms with Gasteiger partial charge in [0.2, 0.25) is 0 Å². The standard InChI is InChI=1S/C29H35N5O2/c1-4-22-9-14-28(35)34(26-19-23-7-5-6-8-27(23)36-20-26)29(22)31-21(2)30-24-10-12-25(13-11-24)33-17-15-32(3)16-18-33/h4-14,21,26,30H,15-20H2,1-3H3/b22-4-,31-29+. The van der Waals surface area contributed by atoms with Gasteiger partial charge in [-0.1, -0.05) is 24.3 Å². The van der Waals surface area contributed by atoms with E-state index in [2.05, 4.69) is 52.5 Å². The van der Waals surface area contributed by atoms with Crippen molar-refractivity contribution in [2.75, 3.05) is 50.1 Å². The SMILES string of the molecule is C/C=C1/C=CC(=O)N(C2COc3ccccc3C2)/C1=N/C(C)Nc1ccc(N2CCN(C)CC2)cc1. The number of likely N-dealkylation sites (N-methyl/N-ethyl adjacent to an activating group) is 1. The van der Waals surface area contributed by atoms with Crippen molar-refractivity contribution >= 4 is 23.1 Å². The number of allylic oxidation sites excluding steroid dienone is 1. The third kappa shape index (κ3) is 5.16. The lowest BCUT2D eigenvalue weighted by Crippen LogP contribution is -2.51. The number of nitrogens with zero attached hydrogens (tertiary/aromatic N) is 4. The minimum absolute atomic E-state index is 0.0592. The topological polar surface area (TPSA) is 60.4 Å². The van der Waals surface area contributed by atoms with Crippen molar-refractivity contribution in [3.8, 4) is 5.75 Å². The van der Waals surface area contributed by atoms with Crippen LogP contribution in [0.4, 0.5) is 11.4 Å². The predicted octanol–water partition coefficient (Wildman–Crippen LogP) is 3.94. The Morgan fingerprint density at radius 2 is 1.81 bits per heavy atom. The molecule has 2 unspecified atom stereocenters. The lowest BCUT2D eigenvalue weighted by Gasteiger charge is -2.37. The summed E-state index contributed by atoms with van der Waals surface area (Å²) in [6.07, 6.45) is 6.00. The summed E-state index contributed by atoms with van der Waals surface area (Å²) in [5.74, 6) is 1.52. The summed E-state index contributed by atoms with van der Waals surface area (Å²) in [5, 5.41) is 3.49. The largest absolute Gasteiger partial charge is 0.491 e. The molecule has 7 nitrogen and oxygen atoms in total.